The summed E-state index contributed by atoms with van der Waals surface area (Å²) >= 11 is 0. The fourth-order valence-electron chi connectivity index (χ4n) is 2.95. The van der Waals surface area contributed by atoms with Crippen molar-refractivity contribution in [3.63, 3.8) is 0 Å². The zero-order chi connectivity index (χ0) is 17.4. The van der Waals surface area contributed by atoms with Crippen LogP contribution in [-0.4, -0.2) is 40.6 Å². The second-order valence-electron chi connectivity index (χ2n) is 5.75. The van der Waals surface area contributed by atoms with Crippen molar-refractivity contribution in [2.24, 2.45) is 0 Å². The molecule has 1 unspecified atom stereocenters. The molecule has 0 bridgehead atoms. The molecular formula is C14H16N6O4S. The number of sulfonamides is 1. The highest BCUT2D eigenvalue weighted by atomic mass is 32.2. The summed E-state index contributed by atoms with van der Waals surface area (Å²) < 4.78 is 39.8. The molecule has 25 heavy (non-hydrogen) atoms. The van der Waals surface area contributed by atoms with Crippen LogP contribution in [0.3, 0.4) is 0 Å². The molecule has 0 amide bonds. The molecular weight excluding hydrogens is 348 g/mol. The highest BCUT2D eigenvalue weighted by molar-refractivity contribution is 7.89. The summed E-state index contributed by atoms with van der Waals surface area (Å²) in [5.74, 6) is 1.12. The van der Waals surface area contributed by atoms with E-state index in [4.69, 9.17) is 4.74 Å². The number of nitrogens with one attached hydrogen (secondary N) is 1. The molecule has 0 fully saturated rings. The third kappa shape index (κ3) is 2.90. The Kier molecular flexibility index (Phi) is 3.98. The Morgan fingerprint density at radius 1 is 1.40 bits per heavy atom. The molecule has 0 spiro atoms. The molecule has 10 nitrogen and oxygen atoms in total. The molecule has 1 aliphatic heterocycles. The van der Waals surface area contributed by atoms with Crippen molar-refractivity contribution in [2.75, 3.05) is 7.11 Å². The van der Waals surface area contributed by atoms with Crippen LogP contribution in [0.4, 0.5) is 0 Å². The van der Waals surface area contributed by atoms with Crippen LogP contribution in [0.5, 0.6) is 0 Å². The third-order valence-electron chi connectivity index (χ3n) is 4.03. The van der Waals surface area contributed by atoms with Crippen LogP contribution in [0, 0.1) is 0 Å². The largest absolute Gasteiger partial charge is 0.377 e. The van der Waals surface area contributed by atoms with Crippen LogP contribution in [0.15, 0.2) is 27.7 Å². The van der Waals surface area contributed by atoms with Crippen LogP contribution in [0.2, 0.25) is 0 Å². The number of nitrogens with zero attached hydrogens (tertiary/aromatic N) is 5. The summed E-state index contributed by atoms with van der Waals surface area (Å²) in [6.45, 7) is 0.983. The first-order chi connectivity index (χ1) is 12.1. The second kappa shape index (κ2) is 6.17. The van der Waals surface area contributed by atoms with Crippen molar-refractivity contribution >= 4 is 21.1 Å². The standard InChI is InChI=1S/C14H16N6O4S/c1-23-8-12-15-14-10(5-3-7-20(14)16-12)19-25(21,22)11-6-2-4-9-13(11)18-24-17-9/h2,4,6,10,19H,3,5,7-8H2,1H3. The van der Waals surface area contributed by atoms with Crippen LogP contribution >= 0.6 is 0 Å². The van der Waals surface area contributed by atoms with Crippen LogP contribution < -0.4 is 4.72 Å². The zero-order valence-electron chi connectivity index (χ0n) is 13.4. The fourth-order valence-corrected chi connectivity index (χ4v) is 4.33. The second-order valence-corrected chi connectivity index (χ2v) is 7.43. The number of fused-ring (bicyclic) bond motifs is 2. The molecule has 3 heterocycles. The maximum atomic E-state index is 12.9. The van der Waals surface area contributed by atoms with Crippen molar-refractivity contribution in [3.05, 3.63) is 29.8 Å². The Balaban J connectivity index is 1.67. The lowest BCUT2D eigenvalue weighted by atomic mass is 10.1. The molecule has 132 valence electrons. The van der Waals surface area contributed by atoms with Crippen LogP contribution in [0.25, 0.3) is 11.0 Å². The lowest BCUT2D eigenvalue weighted by Crippen LogP contribution is -2.33. The Labute approximate surface area is 143 Å². The van der Waals surface area contributed by atoms with E-state index in [1.807, 2.05) is 0 Å². The molecule has 2 aromatic heterocycles. The van der Waals surface area contributed by atoms with Gasteiger partial charge in [0.2, 0.25) is 10.0 Å². The summed E-state index contributed by atoms with van der Waals surface area (Å²) in [4.78, 5) is 4.43. The summed E-state index contributed by atoms with van der Waals surface area (Å²) in [6.07, 6.45) is 1.43. The quantitative estimate of drug-likeness (QED) is 0.704. The number of rotatable bonds is 5. The highest BCUT2D eigenvalue weighted by Gasteiger charge is 2.30. The smallest absolute Gasteiger partial charge is 0.243 e. The molecule has 11 heteroatoms. The van der Waals surface area contributed by atoms with Gasteiger partial charge in [-0.15, -0.1) is 0 Å². The summed E-state index contributed by atoms with van der Waals surface area (Å²) in [6, 6.07) is 4.24. The predicted octanol–water partition coefficient (Wildman–Crippen LogP) is 0.774. The monoisotopic (exact) mass is 364 g/mol. The first kappa shape index (κ1) is 16.1. The van der Waals surface area contributed by atoms with E-state index in [0.717, 1.165) is 6.42 Å². The molecule has 0 saturated carbocycles. The van der Waals surface area contributed by atoms with Gasteiger partial charge in [0.15, 0.2) is 11.3 Å². The van der Waals surface area contributed by atoms with E-state index < -0.39 is 16.1 Å². The summed E-state index contributed by atoms with van der Waals surface area (Å²) in [5.41, 5.74) is 0.587. The van der Waals surface area contributed by atoms with Crippen molar-refractivity contribution in [2.45, 2.75) is 36.9 Å². The van der Waals surface area contributed by atoms with Gasteiger partial charge in [-0.1, -0.05) is 6.07 Å². The third-order valence-corrected chi connectivity index (χ3v) is 5.53. The normalized spacial score (nSPS) is 17.7. The van der Waals surface area contributed by atoms with Crippen molar-refractivity contribution < 1.29 is 17.8 Å². The van der Waals surface area contributed by atoms with Gasteiger partial charge in [0.1, 0.15) is 22.8 Å². The van der Waals surface area contributed by atoms with E-state index >= 15 is 0 Å². The molecule has 3 aromatic rings. The van der Waals surface area contributed by atoms with E-state index in [1.165, 1.54) is 6.07 Å². The van der Waals surface area contributed by atoms with Gasteiger partial charge < -0.3 is 4.74 Å². The maximum absolute atomic E-state index is 12.9. The number of hydrogen-bond acceptors (Lipinski definition) is 8. The lowest BCUT2D eigenvalue weighted by molar-refractivity contribution is 0.177. The van der Waals surface area contributed by atoms with Gasteiger partial charge in [-0.05, 0) is 35.3 Å². The first-order valence-corrected chi connectivity index (χ1v) is 9.23. The van der Waals surface area contributed by atoms with Crippen molar-refractivity contribution in [3.8, 4) is 0 Å². The fraction of sp³-hybridized carbons (Fsp3) is 0.429. The molecule has 1 aromatic carbocycles. The van der Waals surface area contributed by atoms with Crippen LogP contribution in [-0.2, 0) is 27.9 Å². The lowest BCUT2D eigenvalue weighted by Gasteiger charge is -2.22. The maximum Gasteiger partial charge on any atom is 0.243 e. The average Bonchev–Trinajstić information content (AvgIpc) is 3.21. The Hall–Kier alpha value is -2.37. The highest BCUT2D eigenvalue weighted by Crippen LogP contribution is 2.27. The summed E-state index contributed by atoms with van der Waals surface area (Å²) in [7, 11) is -2.26. The SMILES string of the molecule is COCc1nc2n(n1)CCCC2NS(=O)(=O)c1cccc2nonc12. The predicted molar refractivity (Wildman–Crippen MR) is 84.8 cm³/mol. The minimum Gasteiger partial charge on any atom is -0.377 e. The molecule has 4 rings (SSSR count). The minimum absolute atomic E-state index is 0.0278. The molecule has 0 radical (unpaired) electrons. The van der Waals surface area contributed by atoms with Gasteiger partial charge in [-0.3, -0.25) is 0 Å². The number of methoxy groups -OCH3 is 1. The van der Waals surface area contributed by atoms with Gasteiger partial charge in [0.25, 0.3) is 0 Å². The molecule has 0 aliphatic carbocycles. The Morgan fingerprint density at radius 3 is 3.12 bits per heavy atom. The number of aryl methyl sites for hydroxylation is 1. The number of benzene rings is 1. The number of aromatic nitrogens is 5. The Morgan fingerprint density at radius 2 is 2.28 bits per heavy atom. The molecule has 1 atom stereocenters. The van der Waals surface area contributed by atoms with Gasteiger partial charge in [0, 0.05) is 13.7 Å². The average molecular weight is 364 g/mol. The van der Waals surface area contributed by atoms with E-state index in [0.29, 0.717) is 30.1 Å². The number of hydrogen-bond donors (Lipinski definition) is 1. The van der Waals surface area contributed by atoms with Gasteiger partial charge in [-0.2, -0.15) is 5.10 Å². The minimum atomic E-state index is -3.83. The number of ether oxygens (including phenoxy) is 1. The zero-order valence-corrected chi connectivity index (χ0v) is 14.2. The van der Waals surface area contributed by atoms with Crippen molar-refractivity contribution in [1.82, 2.24) is 29.8 Å². The van der Waals surface area contributed by atoms with Crippen LogP contribution in [0.1, 0.15) is 30.5 Å². The van der Waals surface area contributed by atoms with E-state index in [-0.39, 0.29) is 17.0 Å². The van der Waals surface area contributed by atoms with E-state index in [9.17, 15) is 8.42 Å². The van der Waals surface area contributed by atoms with E-state index in [2.05, 4.69) is 29.7 Å². The van der Waals surface area contributed by atoms with Gasteiger partial charge in [-0.25, -0.2) is 27.4 Å². The Bertz CT molecular complexity index is 1010. The topological polar surface area (TPSA) is 125 Å². The first-order valence-electron chi connectivity index (χ1n) is 7.74. The van der Waals surface area contributed by atoms with E-state index in [1.54, 1.807) is 23.9 Å². The van der Waals surface area contributed by atoms with Crippen molar-refractivity contribution in [1.29, 1.82) is 0 Å². The van der Waals surface area contributed by atoms with Gasteiger partial charge in [0.05, 0.1) is 6.04 Å². The molecule has 1 aliphatic rings. The molecule has 1 N–H and O–H groups in total. The van der Waals surface area contributed by atoms with Gasteiger partial charge >= 0.3 is 0 Å². The molecule has 0 saturated heterocycles. The summed E-state index contributed by atoms with van der Waals surface area (Å²) in [5, 5.41) is 11.7.